The maximum Gasteiger partial charge on any atom is 0.194 e. The summed E-state index contributed by atoms with van der Waals surface area (Å²) in [6.45, 7) is 4.44. The van der Waals surface area contributed by atoms with E-state index in [1.54, 1.807) is 11.8 Å². The minimum atomic E-state index is 0.196. The molecule has 0 saturated carbocycles. The van der Waals surface area contributed by atoms with Gasteiger partial charge in [-0.15, -0.1) is 11.8 Å². The fourth-order valence-electron chi connectivity index (χ4n) is 2.90. The van der Waals surface area contributed by atoms with Crippen molar-refractivity contribution >= 4 is 17.7 Å². The molecule has 1 heterocycles. The summed E-state index contributed by atoms with van der Waals surface area (Å²) in [7, 11) is 8.19. The van der Waals surface area contributed by atoms with E-state index in [1.165, 1.54) is 16.0 Å². The van der Waals surface area contributed by atoms with Gasteiger partial charge in [0.1, 0.15) is 0 Å². The maximum absolute atomic E-state index is 4.90. The Balaban J connectivity index is 2.10. The highest BCUT2D eigenvalue weighted by Crippen LogP contribution is 2.18. The van der Waals surface area contributed by atoms with Crippen LogP contribution in [-0.2, 0) is 13.6 Å². The van der Waals surface area contributed by atoms with Crippen LogP contribution in [-0.4, -0.2) is 66.0 Å². The van der Waals surface area contributed by atoms with Gasteiger partial charge in [-0.2, -0.15) is 5.10 Å². The lowest BCUT2D eigenvalue weighted by atomic mass is 10.1. The number of rotatable bonds is 8. The molecule has 1 aromatic heterocycles. The van der Waals surface area contributed by atoms with Crippen molar-refractivity contribution in [3.05, 3.63) is 47.8 Å². The first kappa shape index (κ1) is 21.3. The Hall–Kier alpha value is -1.99. The molecule has 0 aliphatic rings. The summed E-state index contributed by atoms with van der Waals surface area (Å²) >= 11 is 1.76. The van der Waals surface area contributed by atoms with Gasteiger partial charge in [0.15, 0.2) is 5.96 Å². The number of aromatic nitrogens is 2. The molecular formula is C20H32N6S. The first-order valence-electron chi connectivity index (χ1n) is 9.22. The van der Waals surface area contributed by atoms with Crippen molar-refractivity contribution in [3.63, 3.8) is 0 Å². The molecule has 1 atom stereocenters. The Labute approximate surface area is 167 Å². The van der Waals surface area contributed by atoms with Gasteiger partial charge in [0, 0.05) is 43.8 Å². The second-order valence-electron chi connectivity index (χ2n) is 6.83. The number of benzene rings is 1. The average molecular weight is 389 g/mol. The number of guanidine groups is 1. The zero-order valence-corrected chi connectivity index (χ0v) is 18.1. The summed E-state index contributed by atoms with van der Waals surface area (Å²) < 4.78 is 1.84. The Morgan fingerprint density at radius 2 is 1.96 bits per heavy atom. The van der Waals surface area contributed by atoms with Gasteiger partial charge in [0.05, 0.1) is 18.8 Å². The maximum atomic E-state index is 4.90. The largest absolute Gasteiger partial charge is 0.357 e. The molecule has 0 amide bonds. The standard InChI is InChI=1S/C20H32N6S/c1-7-21-20(25(4)14-16-8-10-18(27-6)11-9-16)22-13-19(24(2)3)17-12-23-26(5)15-17/h8-12,15,19H,7,13-14H2,1-6H3,(H,21,22). The van der Waals surface area contributed by atoms with Crippen molar-refractivity contribution in [2.75, 3.05) is 40.5 Å². The van der Waals surface area contributed by atoms with Crippen LogP contribution in [0, 0.1) is 0 Å². The molecule has 6 nitrogen and oxygen atoms in total. The van der Waals surface area contributed by atoms with Gasteiger partial charge in [-0.05, 0) is 45.0 Å². The minimum absolute atomic E-state index is 0.196. The number of nitrogens with one attached hydrogen (secondary N) is 1. The van der Waals surface area contributed by atoms with E-state index in [1.807, 2.05) is 17.9 Å². The van der Waals surface area contributed by atoms with E-state index in [2.05, 4.69) is 85.0 Å². The lowest BCUT2D eigenvalue weighted by molar-refractivity contribution is 0.305. The Morgan fingerprint density at radius 3 is 2.48 bits per heavy atom. The molecule has 0 radical (unpaired) electrons. The van der Waals surface area contributed by atoms with Crippen LogP contribution in [0.5, 0.6) is 0 Å². The molecule has 0 fully saturated rings. The molecule has 2 rings (SSSR count). The van der Waals surface area contributed by atoms with Crippen molar-refractivity contribution in [3.8, 4) is 0 Å². The van der Waals surface area contributed by atoms with Crippen LogP contribution in [0.4, 0.5) is 0 Å². The highest BCUT2D eigenvalue weighted by Gasteiger charge is 2.16. The average Bonchev–Trinajstić information content (AvgIpc) is 3.07. The van der Waals surface area contributed by atoms with E-state index in [0.717, 1.165) is 19.0 Å². The van der Waals surface area contributed by atoms with E-state index in [9.17, 15) is 0 Å². The third-order valence-corrected chi connectivity index (χ3v) is 5.17. The van der Waals surface area contributed by atoms with Crippen molar-refractivity contribution in [2.24, 2.45) is 12.0 Å². The highest BCUT2D eigenvalue weighted by atomic mass is 32.2. The normalized spacial score (nSPS) is 13.1. The second kappa shape index (κ2) is 10.4. The van der Waals surface area contributed by atoms with Gasteiger partial charge in [0.2, 0.25) is 0 Å². The smallest absolute Gasteiger partial charge is 0.194 e. The monoisotopic (exact) mass is 388 g/mol. The first-order chi connectivity index (χ1) is 12.9. The van der Waals surface area contributed by atoms with E-state index < -0.39 is 0 Å². The Morgan fingerprint density at radius 1 is 1.26 bits per heavy atom. The highest BCUT2D eigenvalue weighted by molar-refractivity contribution is 7.98. The number of nitrogens with zero attached hydrogens (tertiary/aromatic N) is 5. The van der Waals surface area contributed by atoms with Crippen molar-refractivity contribution in [2.45, 2.75) is 24.4 Å². The molecule has 0 saturated heterocycles. The number of likely N-dealkylation sites (N-methyl/N-ethyl adjacent to an activating group) is 1. The van der Waals surface area contributed by atoms with Crippen LogP contribution in [0.3, 0.4) is 0 Å². The summed E-state index contributed by atoms with van der Waals surface area (Å²) in [4.78, 5) is 10.5. The molecule has 1 unspecified atom stereocenters. The molecule has 1 aromatic carbocycles. The van der Waals surface area contributed by atoms with Crippen LogP contribution >= 0.6 is 11.8 Å². The van der Waals surface area contributed by atoms with Crippen molar-refractivity contribution in [1.29, 1.82) is 0 Å². The fraction of sp³-hybridized carbons (Fsp3) is 0.500. The number of hydrogen-bond donors (Lipinski definition) is 1. The summed E-state index contributed by atoms with van der Waals surface area (Å²) in [5.74, 6) is 0.919. The molecular weight excluding hydrogens is 356 g/mol. The van der Waals surface area contributed by atoms with Crippen LogP contribution < -0.4 is 5.32 Å². The van der Waals surface area contributed by atoms with Gasteiger partial charge in [0.25, 0.3) is 0 Å². The van der Waals surface area contributed by atoms with E-state index in [0.29, 0.717) is 6.54 Å². The summed E-state index contributed by atoms with van der Waals surface area (Å²) in [6.07, 6.45) is 6.08. The molecule has 2 aromatic rings. The third kappa shape index (κ3) is 6.29. The lowest BCUT2D eigenvalue weighted by Gasteiger charge is -2.25. The molecule has 0 spiro atoms. The Kier molecular flexibility index (Phi) is 8.19. The van der Waals surface area contributed by atoms with Gasteiger partial charge in [-0.25, -0.2) is 0 Å². The molecule has 0 aliphatic heterocycles. The quantitative estimate of drug-likeness (QED) is 0.428. The minimum Gasteiger partial charge on any atom is -0.357 e. The van der Waals surface area contributed by atoms with Crippen molar-refractivity contribution < 1.29 is 0 Å². The van der Waals surface area contributed by atoms with Crippen LogP contribution in [0.2, 0.25) is 0 Å². The predicted octanol–water partition coefficient (Wildman–Crippen LogP) is 2.84. The van der Waals surface area contributed by atoms with Gasteiger partial charge in [-0.3, -0.25) is 9.67 Å². The topological polar surface area (TPSA) is 48.7 Å². The third-order valence-electron chi connectivity index (χ3n) is 4.42. The fourth-order valence-corrected chi connectivity index (χ4v) is 3.31. The molecule has 0 bridgehead atoms. The number of aliphatic imine (C=N–C) groups is 1. The zero-order chi connectivity index (χ0) is 19.8. The second-order valence-corrected chi connectivity index (χ2v) is 7.71. The molecule has 148 valence electrons. The van der Waals surface area contributed by atoms with E-state index in [-0.39, 0.29) is 6.04 Å². The van der Waals surface area contributed by atoms with Crippen LogP contribution in [0.1, 0.15) is 24.1 Å². The summed E-state index contributed by atoms with van der Waals surface area (Å²) in [5, 5.41) is 7.71. The molecule has 27 heavy (non-hydrogen) atoms. The zero-order valence-electron chi connectivity index (χ0n) is 17.3. The lowest BCUT2D eigenvalue weighted by Crippen LogP contribution is -2.39. The molecule has 7 heteroatoms. The molecule has 0 aliphatic carbocycles. The summed E-state index contributed by atoms with van der Waals surface area (Å²) in [5.41, 5.74) is 2.45. The van der Waals surface area contributed by atoms with Gasteiger partial charge >= 0.3 is 0 Å². The Bertz CT molecular complexity index is 722. The predicted molar refractivity (Wildman–Crippen MR) is 115 cm³/mol. The van der Waals surface area contributed by atoms with E-state index in [4.69, 9.17) is 4.99 Å². The molecule has 1 N–H and O–H groups in total. The van der Waals surface area contributed by atoms with Gasteiger partial charge < -0.3 is 15.1 Å². The van der Waals surface area contributed by atoms with Crippen LogP contribution in [0.15, 0.2) is 46.5 Å². The summed E-state index contributed by atoms with van der Waals surface area (Å²) in [6, 6.07) is 8.90. The van der Waals surface area contributed by atoms with Gasteiger partial charge in [-0.1, -0.05) is 12.1 Å². The first-order valence-corrected chi connectivity index (χ1v) is 10.4. The number of aryl methyl sites for hydroxylation is 1. The number of hydrogen-bond acceptors (Lipinski definition) is 4. The van der Waals surface area contributed by atoms with Crippen molar-refractivity contribution in [1.82, 2.24) is 24.9 Å². The SMILES string of the molecule is CCNC(=NCC(c1cnn(C)c1)N(C)C)N(C)Cc1ccc(SC)cc1. The van der Waals surface area contributed by atoms with Crippen LogP contribution in [0.25, 0.3) is 0 Å². The number of thioether (sulfide) groups is 1. The van der Waals surface area contributed by atoms with E-state index >= 15 is 0 Å².